The van der Waals surface area contributed by atoms with Gasteiger partial charge in [-0.1, -0.05) is 6.07 Å². The lowest BCUT2D eigenvalue weighted by Crippen LogP contribution is -2.28. The summed E-state index contributed by atoms with van der Waals surface area (Å²) in [7, 11) is 0. The summed E-state index contributed by atoms with van der Waals surface area (Å²) < 4.78 is 0. The first kappa shape index (κ1) is 10.4. The van der Waals surface area contributed by atoms with E-state index in [1.165, 1.54) is 0 Å². The van der Waals surface area contributed by atoms with E-state index in [-0.39, 0.29) is 17.4 Å². The van der Waals surface area contributed by atoms with E-state index in [4.69, 9.17) is 0 Å². The Bertz CT molecular complexity index is 483. The molecule has 0 bridgehead atoms. The molecule has 0 fully saturated rings. The molecule has 3 N–H and O–H groups in total. The van der Waals surface area contributed by atoms with Gasteiger partial charge in [0.2, 0.25) is 0 Å². The molecule has 0 amide bonds. The fraction of sp³-hybridized carbons (Fsp3) is 0.462. The third kappa shape index (κ3) is 1.64. The molecule has 1 aromatic rings. The minimum absolute atomic E-state index is 0.0225. The highest BCUT2D eigenvalue weighted by atomic mass is 16.3. The second-order valence-corrected chi connectivity index (χ2v) is 4.64. The summed E-state index contributed by atoms with van der Waals surface area (Å²) in [6.07, 6.45) is 2.91. The number of amidine groups is 1. The van der Waals surface area contributed by atoms with Crippen LogP contribution in [0.25, 0.3) is 0 Å². The zero-order valence-corrected chi connectivity index (χ0v) is 9.61. The monoisotopic (exact) mass is 232 g/mol. The molecule has 0 saturated carbocycles. The topological polar surface area (TPSA) is 64.8 Å². The van der Waals surface area contributed by atoms with E-state index in [9.17, 15) is 10.2 Å². The van der Waals surface area contributed by atoms with Crippen molar-refractivity contribution in [2.45, 2.75) is 25.2 Å². The fourth-order valence-corrected chi connectivity index (χ4v) is 2.80. The van der Waals surface area contributed by atoms with Crippen molar-refractivity contribution in [2.24, 2.45) is 4.99 Å². The Hall–Kier alpha value is -1.71. The van der Waals surface area contributed by atoms with Crippen LogP contribution in [0.1, 0.15) is 29.9 Å². The number of nitrogens with one attached hydrogen (secondary N) is 1. The highest BCUT2D eigenvalue weighted by molar-refractivity contribution is 5.91. The normalized spacial score (nSPS) is 22.8. The number of nitrogens with zero attached hydrogens (tertiary/aromatic N) is 1. The molecule has 1 heterocycles. The van der Waals surface area contributed by atoms with Gasteiger partial charge < -0.3 is 15.5 Å². The predicted octanol–water partition coefficient (Wildman–Crippen LogP) is 1.52. The van der Waals surface area contributed by atoms with Gasteiger partial charge in [-0.2, -0.15) is 0 Å². The Labute approximate surface area is 100 Å². The van der Waals surface area contributed by atoms with E-state index in [1.807, 2.05) is 6.07 Å². The largest absolute Gasteiger partial charge is 0.504 e. The summed E-state index contributed by atoms with van der Waals surface area (Å²) in [5.74, 6) is 1.32. The predicted molar refractivity (Wildman–Crippen MR) is 65.8 cm³/mol. The van der Waals surface area contributed by atoms with Crippen LogP contribution < -0.4 is 5.32 Å². The lowest BCUT2D eigenvalue weighted by Gasteiger charge is -2.26. The van der Waals surface area contributed by atoms with Crippen LogP contribution in [0, 0.1) is 0 Å². The smallest absolute Gasteiger partial charge is 0.160 e. The Morgan fingerprint density at radius 2 is 2.18 bits per heavy atom. The van der Waals surface area contributed by atoms with Crippen molar-refractivity contribution in [3.63, 3.8) is 0 Å². The molecular formula is C13H16N2O2. The fourth-order valence-electron chi connectivity index (χ4n) is 2.80. The van der Waals surface area contributed by atoms with E-state index in [0.29, 0.717) is 0 Å². The van der Waals surface area contributed by atoms with E-state index in [2.05, 4.69) is 10.3 Å². The van der Waals surface area contributed by atoms with Gasteiger partial charge in [0.25, 0.3) is 0 Å². The molecule has 4 heteroatoms. The van der Waals surface area contributed by atoms with Crippen molar-refractivity contribution in [1.82, 2.24) is 5.32 Å². The molecule has 3 rings (SSSR count). The average Bonchev–Trinajstić information content (AvgIpc) is 2.87. The van der Waals surface area contributed by atoms with E-state index < -0.39 is 0 Å². The number of phenols is 2. The minimum atomic E-state index is -0.0225. The van der Waals surface area contributed by atoms with Gasteiger partial charge in [-0.05, 0) is 30.9 Å². The van der Waals surface area contributed by atoms with Crippen LogP contribution in [-0.2, 0) is 6.42 Å². The summed E-state index contributed by atoms with van der Waals surface area (Å²) in [4.78, 5) is 4.47. The summed E-state index contributed by atoms with van der Waals surface area (Å²) in [6, 6.07) is 3.48. The van der Waals surface area contributed by atoms with Crippen LogP contribution in [-0.4, -0.2) is 29.1 Å². The summed E-state index contributed by atoms with van der Waals surface area (Å²) in [5.41, 5.74) is 2.00. The van der Waals surface area contributed by atoms with E-state index in [1.54, 1.807) is 6.07 Å². The van der Waals surface area contributed by atoms with Gasteiger partial charge in [0.1, 0.15) is 5.84 Å². The number of phenolic OH excluding ortho intramolecular Hbond substituents is 2. The summed E-state index contributed by atoms with van der Waals surface area (Å²) in [6.45, 7) is 1.75. The molecular weight excluding hydrogens is 216 g/mol. The zero-order chi connectivity index (χ0) is 11.8. The van der Waals surface area contributed by atoms with Crippen molar-refractivity contribution < 1.29 is 10.2 Å². The second-order valence-electron chi connectivity index (χ2n) is 4.64. The SMILES string of the molecule is Oc1ccc2c(c1O)CCC[C@H]2C1=NCCN1. The summed E-state index contributed by atoms with van der Waals surface area (Å²) >= 11 is 0. The number of hydrogen-bond donors (Lipinski definition) is 3. The van der Waals surface area contributed by atoms with Gasteiger partial charge in [0, 0.05) is 18.0 Å². The minimum Gasteiger partial charge on any atom is -0.504 e. The summed E-state index contributed by atoms with van der Waals surface area (Å²) in [5, 5.41) is 22.7. The molecule has 17 heavy (non-hydrogen) atoms. The lowest BCUT2D eigenvalue weighted by molar-refractivity contribution is 0.395. The number of hydrogen-bond acceptors (Lipinski definition) is 4. The highest BCUT2D eigenvalue weighted by Crippen LogP contribution is 2.41. The van der Waals surface area contributed by atoms with E-state index in [0.717, 1.165) is 49.3 Å². The molecule has 0 radical (unpaired) electrons. The maximum absolute atomic E-state index is 9.89. The second kappa shape index (κ2) is 3.95. The van der Waals surface area contributed by atoms with Gasteiger partial charge in [-0.15, -0.1) is 0 Å². The van der Waals surface area contributed by atoms with Crippen molar-refractivity contribution in [3.8, 4) is 11.5 Å². The zero-order valence-electron chi connectivity index (χ0n) is 9.61. The van der Waals surface area contributed by atoms with E-state index >= 15 is 0 Å². The molecule has 0 spiro atoms. The molecule has 0 unspecified atom stereocenters. The number of aromatic hydroxyl groups is 2. The molecule has 90 valence electrons. The van der Waals surface area contributed by atoms with Gasteiger partial charge in [-0.25, -0.2) is 0 Å². The lowest BCUT2D eigenvalue weighted by atomic mass is 9.81. The van der Waals surface area contributed by atoms with Crippen molar-refractivity contribution in [3.05, 3.63) is 23.3 Å². The van der Waals surface area contributed by atoms with Crippen LogP contribution >= 0.6 is 0 Å². The molecule has 0 aromatic heterocycles. The Morgan fingerprint density at radius 3 is 2.94 bits per heavy atom. The number of rotatable bonds is 1. The molecule has 1 aliphatic carbocycles. The first-order chi connectivity index (χ1) is 8.27. The van der Waals surface area contributed by atoms with Crippen LogP contribution in [0.2, 0.25) is 0 Å². The van der Waals surface area contributed by atoms with Crippen LogP contribution in [0.3, 0.4) is 0 Å². The maximum Gasteiger partial charge on any atom is 0.160 e. The Balaban J connectivity index is 2.05. The van der Waals surface area contributed by atoms with Gasteiger partial charge >= 0.3 is 0 Å². The number of aliphatic imine (C=N–C) groups is 1. The Kier molecular flexibility index (Phi) is 2.42. The third-order valence-electron chi connectivity index (χ3n) is 3.62. The molecule has 1 aliphatic heterocycles. The van der Waals surface area contributed by atoms with Crippen LogP contribution in [0.15, 0.2) is 17.1 Å². The third-order valence-corrected chi connectivity index (χ3v) is 3.62. The quantitative estimate of drug-likeness (QED) is 0.643. The highest BCUT2D eigenvalue weighted by Gasteiger charge is 2.28. The van der Waals surface area contributed by atoms with Crippen molar-refractivity contribution in [1.29, 1.82) is 0 Å². The molecule has 1 aromatic carbocycles. The number of fused-ring (bicyclic) bond motifs is 1. The van der Waals surface area contributed by atoms with Crippen LogP contribution in [0.4, 0.5) is 0 Å². The molecule has 4 nitrogen and oxygen atoms in total. The standard InChI is InChI=1S/C13H16N2O2/c16-11-5-4-8-9(12(11)17)2-1-3-10(8)13-14-6-7-15-13/h4-5,10,16-17H,1-3,6-7H2,(H,14,15)/t10-/m1/s1. The van der Waals surface area contributed by atoms with Gasteiger partial charge in [-0.3, -0.25) is 4.99 Å². The Morgan fingerprint density at radius 1 is 1.29 bits per heavy atom. The van der Waals surface area contributed by atoms with Gasteiger partial charge in [0.15, 0.2) is 11.5 Å². The average molecular weight is 232 g/mol. The first-order valence-corrected chi connectivity index (χ1v) is 6.09. The number of benzene rings is 1. The van der Waals surface area contributed by atoms with Crippen molar-refractivity contribution >= 4 is 5.84 Å². The molecule has 0 saturated heterocycles. The maximum atomic E-state index is 9.89. The first-order valence-electron chi connectivity index (χ1n) is 6.09. The van der Waals surface area contributed by atoms with Crippen molar-refractivity contribution in [2.75, 3.05) is 13.1 Å². The van der Waals surface area contributed by atoms with Crippen LogP contribution in [0.5, 0.6) is 11.5 Å². The molecule has 2 aliphatic rings. The van der Waals surface area contributed by atoms with Gasteiger partial charge in [0.05, 0.1) is 6.54 Å². The molecule has 1 atom stereocenters.